The van der Waals surface area contributed by atoms with Crippen LogP contribution in [0.5, 0.6) is 0 Å². The monoisotopic (exact) mass is 289 g/mol. The molecule has 6 heteroatoms. The molecule has 1 aromatic rings. The summed E-state index contributed by atoms with van der Waals surface area (Å²) in [5.41, 5.74) is 1.56. The minimum absolute atomic E-state index is 0.00918. The molecule has 0 spiro atoms. The Kier molecular flexibility index (Phi) is 6.51. The summed E-state index contributed by atoms with van der Waals surface area (Å²) >= 11 is 0. The number of halogens is 3. The first-order chi connectivity index (χ1) is 9.40. The maximum Gasteiger partial charge on any atom is 0.411 e. The number of carbonyl (C=O) groups is 1. The number of hydrogen-bond donors (Lipinski definition) is 1. The maximum absolute atomic E-state index is 11.9. The van der Waals surface area contributed by atoms with Gasteiger partial charge in [-0.2, -0.15) is 13.2 Å². The molecule has 3 nitrogen and oxygen atoms in total. The first kappa shape index (κ1) is 16.5. The average Bonchev–Trinajstić information content (AvgIpc) is 2.37. The predicted molar refractivity (Wildman–Crippen MR) is 68.9 cm³/mol. The lowest BCUT2D eigenvalue weighted by atomic mass is 10.1. The molecule has 0 radical (unpaired) electrons. The molecule has 0 aliphatic rings. The van der Waals surface area contributed by atoms with Gasteiger partial charge in [-0.3, -0.25) is 4.79 Å². The quantitative estimate of drug-likeness (QED) is 0.837. The topological polar surface area (TPSA) is 38.3 Å². The molecule has 0 aromatic heterocycles. The third-order valence-electron chi connectivity index (χ3n) is 2.52. The molecule has 20 heavy (non-hydrogen) atoms. The Labute approximate surface area is 116 Å². The summed E-state index contributed by atoms with van der Waals surface area (Å²) in [6.45, 7) is 1.02. The summed E-state index contributed by atoms with van der Waals surface area (Å²) in [7, 11) is 0. The van der Waals surface area contributed by atoms with E-state index in [1.165, 1.54) is 0 Å². The predicted octanol–water partition coefficient (Wildman–Crippen LogP) is 3.18. The number of ether oxygens (including phenoxy) is 1. The van der Waals surface area contributed by atoms with Crippen LogP contribution in [0, 0.1) is 0 Å². The molecule has 0 heterocycles. The van der Waals surface area contributed by atoms with E-state index < -0.39 is 12.8 Å². The fourth-order valence-electron chi connectivity index (χ4n) is 1.55. The van der Waals surface area contributed by atoms with E-state index in [9.17, 15) is 18.0 Å². The van der Waals surface area contributed by atoms with Crippen LogP contribution in [0.4, 0.5) is 13.2 Å². The number of amides is 1. The molecule has 0 atom stereocenters. The zero-order chi connectivity index (χ0) is 15.0. The molecule has 1 N–H and O–H groups in total. The molecule has 1 amide bonds. The third-order valence-corrected chi connectivity index (χ3v) is 2.52. The number of nitrogens with one attached hydrogen (secondary N) is 1. The smallest absolute Gasteiger partial charge is 0.367 e. The van der Waals surface area contributed by atoms with Gasteiger partial charge in [0.1, 0.15) is 6.61 Å². The fraction of sp³-hybridized carbons (Fsp3) is 0.500. The van der Waals surface area contributed by atoms with Gasteiger partial charge in [-0.15, -0.1) is 0 Å². The molecular formula is C14H18F3NO2. The molecule has 112 valence electrons. The van der Waals surface area contributed by atoms with E-state index in [-0.39, 0.29) is 12.5 Å². The minimum Gasteiger partial charge on any atom is -0.367 e. The largest absolute Gasteiger partial charge is 0.411 e. The molecule has 0 unspecified atom stereocenters. The van der Waals surface area contributed by atoms with Crippen LogP contribution >= 0.6 is 0 Å². The molecular weight excluding hydrogens is 271 g/mol. The van der Waals surface area contributed by atoms with Gasteiger partial charge >= 0.3 is 6.18 Å². The zero-order valence-electron chi connectivity index (χ0n) is 11.3. The zero-order valence-corrected chi connectivity index (χ0v) is 11.3. The van der Waals surface area contributed by atoms with Crippen molar-refractivity contribution in [2.24, 2.45) is 0 Å². The number of hydrogen-bond acceptors (Lipinski definition) is 2. The van der Waals surface area contributed by atoms with Crippen LogP contribution < -0.4 is 5.32 Å². The Bertz CT molecular complexity index is 415. The van der Waals surface area contributed by atoms with Gasteiger partial charge in [0.05, 0.1) is 6.61 Å². The highest BCUT2D eigenvalue weighted by Gasteiger charge is 2.27. The lowest BCUT2D eigenvalue weighted by Crippen LogP contribution is -2.22. The van der Waals surface area contributed by atoms with Crippen molar-refractivity contribution >= 4 is 5.91 Å². The molecule has 1 aromatic carbocycles. The number of alkyl halides is 3. The second kappa shape index (κ2) is 7.89. The van der Waals surface area contributed by atoms with E-state index in [1.54, 1.807) is 24.3 Å². The summed E-state index contributed by atoms with van der Waals surface area (Å²) in [4.78, 5) is 11.3. The van der Waals surface area contributed by atoms with Crippen LogP contribution in [0.3, 0.4) is 0 Å². The Balaban J connectivity index is 2.35. The van der Waals surface area contributed by atoms with E-state index in [0.717, 1.165) is 12.0 Å². The lowest BCUT2D eigenvalue weighted by Gasteiger charge is -2.08. The first-order valence-electron chi connectivity index (χ1n) is 6.39. The Morgan fingerprint density at radius 2 is 1.80 bits per heavy atom. The lowest BCUT2D eigenvalue weighted by molar-refractivity contribution is -0.176. The third kappa shape index (κ3) is 7.13. The highest BCUT2D eigenvalue weighted by atomic mass is 19.4. The summed E-state index contributed by atoms with van der Waals surface area (Å²) in [6.07, 6.45) is -3.02. The molecule has 0 aliphatic heterocycles. The van der Waals surface area contributed by atoms with Crippen LogP contribution in [-0.2, 0) is 22.7 Å². The number of benzene rings is 1. The van der Waals surface area contributed by atoms with E-state index in [4.69, 9.17) is 0 Å². The first-order valence-corrected chi connectivity index (χ1v) is 6.39. The average molecular weight is 289 g/mol. The maximum atomic E-state index is 11.9. The van der Waals surface area contributed by atoms with Gasteiger partial charge in [0.25, 0.3) is 0 Å². The SMILES string of the molecule is CCCC(=O)NCc1ccc(COCC(F)(F)F)cc1. The Morgan fingerprint density at radius 1 is 1.20 bits per heavy atom. The molecule has 0 saturated heterocycles. The minimum atomic E-state index is -4.30. The highest BCUT2D eigenvalue weighted by Crippen LogP contribution is 2.15. The van der Waals surface area contributed by atoms with Crippen molar-refractivity contribution in [3.05, 3.63) is 35.4 Å². The number of carbonyl (C=O) groups excluding carboxylic acids is 1. The summed E-state index contributed by atoms with van der Waals surface area (Å²) in [5.74, 6) is -0.00918. The second-order valence-corrected chi connectivity index (χ2v) is 4.45. The van der Waals surface area contributed by atoms with Crippen molar-refractivity contribution < 1.29 is 22.7 Å². The van der Waals surface area contributed by atoms with E-state index in [0.29, 0.717) is 18.5 Å². The van der Waals surface area contributed by atoms with E-state index in [2.05, 4.69) is 10.1 Å². The van der Waals surface area contributed by atoms with Crippen molar-refractivity contribution in [3.8, 4) is 0 Å². The molecule has 0 bridgehead atoms. The van der Waals surface area contributed by atoms with Gasteiger partial charge in [-0.05, 0) is 17.5 Å². The van der Waals surface area contributed by atoms with Gasteiger partial charge in [-0.25, -0.2) is 0 Å². The van der Waals surface area contributed by atoms with Crippen molar-refractivity contribution in [1.82, 2.24) is 5.32 Å². The highest BCUT2D eigenvalue weighted by molar-refractivity contribution is 5.75. The molecule has 0 aliphatic carbocycles. The Hall–Kier alpha value is -1.56. The van der Waals surface area contributed by atoms with Crippen LogP contribution in [0.15, 0.2) is 24.3 Å². The van der Waals surface area contributed by atoms with Crippen molar-refractivity contribution in [3.63, 3.8) is 0 Å². The Morgan fingerprint density at radius 3 is 2.35 bits per heavy atom. The second-order valence-electron chi connectivity index (χ2n) is 4.45. The van der Waals surface area contributed by atoms with Crippen LogP contribution in [0.25, 0.3) is 0 Å². The van der Waals surface area contributed by atoms with Crippen LogP contribution in [0.2, 0.25) is 0 Å². The summed E-state index contributed by atoms with van der Waals surface area (Å²) < 4.78 is 40.2. The standard InChI is InChI=1S/C14H18F3NO2/c1-2-3-13(19)18-8-11-4-6-12(7-5-11)9-20-10-14(15,16)17/h4-7H,2-3,8-10H2,1H3,(H,18,19). The molecule has 0 fully saturated rings. The van der Waals surface area contributed by atoms with Crippen molar-refractivity contribution in [1.29, 1.82) is 0 Å². The summed E-state index contributed by atoms with van der Waals surface area (Å²) in [6, 6.07) is 6.91. The van der Waals surface area contributed by atoms with Gasteiger partial charge in [0, 0.05) is 13.0 Å². The van der Waals surface area contributed by atoms with Crippen LogP contribution in [-0.4, -0.2) is 18.7 Å². The fourth-order valence-corrected chi connectivity index (χ4v) is 1.55. The van der Waals surface area contributed by atoms with Crippen molar-refractivity contribution in [2.75, 3.05) is 6.61 Å². The normalized spacial score (nSPS) is 11.4. The molecule has 0 saturated carbocycles. The van der Waals surface area contributed by atoms with Crippen LogP contribution in [0.1, 0.15) is 30.9 Å². The molecule has 1 rings (SSSR count). The van der Waals surface area contributed by atoms with Crippen molar-refractivity contribution in [2.45, 2.75) is 39.1 Å². The van der Waals surface area contributed by atoms with E-state index in [1.807, 2.05) is 6.92 Å². The van der Waals surface area contributed by atoms with Gasteiger partial charge in [-0.1, -0.05) is 31.2 Å². The van der Waals surface area contributed by atoms with Gasteiger partial charge < -0.3 is 10.1 Å². The summed E-state index contributed by atoms with van der Waals surface area (Å²) in [5, 5.41) is 2.76. The van der Waals surface area contributed by atoms with Gasteiger partial charge in [0.2, 0.25) is 5.91 Å². The number of rotatable bonds is 7. The van der Waals surface area contributed by atoms with Gasteiger partial charge in [0.15, 0.2) is 0 Å². The van der Waals surface area contributed by atoms with E-state index >= 15 is 0 Å².